The zero-order chi connectivity index (χ0) is 11.9. The minimum absolute atomic E-state index is 0.352. The van der Waals surface area contributed by atoms with Gasteiger partial charge in [-0.1, -0.05) is 74.3 Å². The first-order valence-corrected chi connectivity index (χ1v) is 8.16. The molecule has 3 rings (SSSR count). The highest BCUT2D eigenvalue weighted by Gasteiger charge is 2.54. The third-order valence-corrected chi connectivity index (χ3v) is 5.76. The molecule has 0 heterocycles. The van der Waals surface area contributed by atoms with E-state index in [1.54, 1.807) is 0 Å². The van der Waals surface area contributed by atoms with Gasteiger partial charge in [0, 0.05) is 16.1 Å². The second-order valence-electron chi connectivity index (χ2n) is 4.87. The quantitative estimate of drug-likeness (QED) is 0.689. The maximum Gasteiger partial charge on any atom is 0.0132 e. The first-order valence-electron chi connectivity index (χ1n) is 5.92. The molecule has 0 aliphatic heterocycles. The summed E-state index contributed by atoms with van der Waals surface area (Å²) >= 11 is 7.35. The van der Waals surface area contributed by atoms with Gasteiger partial charge in [-0.15, -0.1) is 0 Å². The number of hydrogen-bond donors (Lipinski definition) is 0. The van der Waals surface area contributed by atoms with E-state index >= 15 is 0 Å². The van der Waals surface area contributed by atoms with Crippen LogP contribution in [-0.2, 0) is 5.41 Å². The summed E-state index contributed by atoms with van der Waals surface area (Å²) in [6.07, 6.45) is 1.29. The van der Waals surface area contributed by atoms with E-state index in [1.165, 1.54) is 22.8 Å². The van der Waals surface area contributed by atoms with Crippen LogP contribution in [0.1, 0.15) is 12.0 Å². The van der Waals surface area contributed by atoms with Gasteiger partial charge in [-0.25, -0.2) is 0 Å². The third kappa shape index (κ3) is 1.77. The van der Waals surface area contributed by atoms with Gasteiger partial charge in [0.2, 0.25) is 0 Å². The molecule has 88 valence electrons. The van der Waals surface area contributed by atoms with Gasteiger partial charge in [0.15, 0.2) is 0 Å². The van der Waals surface area contributed by atoms with Gasteiger partial charge in [-0.3, -0.25) is 0 Å². The molecule has 0 nitrogen and oxygen atoms in total. The zero-order valence-corrected chi connectivity index (χ0v) is 12.7. The number of rotatable bonds is 3. The summed E-state index contributed by atoms with van der Waals surface area (Å²) in [6, 6.07) is 15.4. The molecule has 2 atom stereocenters. The van der Waals surface area contributed by atoms with Crippen molar-refractivity contribution in [2.75, 3.05) is 10.7 Å². The van der Waals surface area contributed by atoms with Crippen molar-refractivity contribution in [2.24, 2.45) is 5.92 Å². The summed E-state index contributed by atoms with van der Waals surface area (Å²) < 4.78 is 0. The highest BCUT2D eigenvalue weighted by molar-refractivity contribution is 9.09. The molecule has 1 aliphatic rings. The van der Waals surface area contributed by atoms with Crippen LogP contribution in [-0.4, -0.2) is 10.7 Å². The maximum absolute atomic E-state index is 3.72. The van der Waals surface area contributed by atoms with Crippen LogP contribution in [0.5, 0.6) is 0 Å². The second kappa shape index (κ2) is 4.40. The van der Waals surface area contributed by atoms with Crippen LogP contribution in [0.15, 0.2) is 42.5 Å². The highest BCUT2D eigenvalue weighted by atomic mass is 79.9. The molecular weight excluding hydrogens is 340 g/mol. The highest BCUT2D eigenvalue weighted by Crippen LogP contribution is 2.57. The van der Waals surface area contributed by atoms with Gasteiger partial charge in [-0.2, -0.15) is 0 Å². The van der Waals surface area contributed by atoms with Crippen LogP contribution in [0.2, 0.25) is 0 Å². The van der Waals surface area contributed by atoms with E-state index in [1.807, 2.05) is 0 Å². The molecule has 2 aromatic carbocycles. The molecule has 1 aliphatic carbocycles. The van der Waals surface area contributed by atoms with Crippen molar-refractivity contribution in [3.63, 3.8) is 0 Å². The summed E-state index contributed by atoms with van der Waals surface area (Å²) in [7, 11) is 0. The van der Waals surface area contributed by atoms with E-state index in [2.05, 4.69) is 74.3 Å². The number of halogens is 2. The monoisotopic (exact) mass is 352 g/mol. The topological polar surface area (TPSA) is 0 Å². The Morgan fingerprint density at radius 3 is 2.53 bits per heavy atom. The molecule has 0 saturated heterocycles. The van der Waals surface area contributed by atoms with Crippen molar-refractivity contribution in [2.45, 2.75) is 11.8 Å². The largest absolute Gasteiger partial charge is 0.0925 e. The predicted molar refractivity (Wildman–Crippen MR) is 81.3 cm³/mol. The summed E-state index contributed by atoms with van der Waals surface area (Å²) in [5.41, 5.74) is 1.86. The Balaban J connectivity index is 2.18. The fraction of sp³-hybridized carbons (Fsp3) is 0.333. The van der Waals surface area contributed by atoms with Crippen molar-refractivity contribution in [1.82, 2.24) is 0 Å². The molecule has 0 aromatic heterocycles. The van der Waals surface area contributed by atoms with Crippen molar-refractivity contribution in [3.05, 3.63) is 48.0 Å². The predicted octanol–water partition coefficient (Wildman–Crippen LogP) is 4.89. The summed E-state index contributed by atoms with van der Waals surface area (Å²) in [5, 5.41) is 4.93. The van der Waals surface area contributed by atoms with E-state index in [0.29, 0.717) is 5.41 Å². The molecule has 0 radical (unpaired) electrons. The summed E-state index contributed by atoms with van der Waals surface area (Å²) in [5.74, 6) is 0.771. The Hall–Kier alpha value is -0.340. The SMILES string of the molecule is BrCC1C[C@]1(CBr)c1cccc2ccccc12. The van der Waals surface area contributed by atoms with Gasteiger partial charge in [-0.05, 0) is 28.7 Å². The number of benzene rings is 2. The third-order valence-electron chi connectivity index (χ3n) is 3.98. The maximum atomic E-state index is 3.72. The van der Waals surface area contributed by atoms with Crippen molar-refractivity contribution < 1.29 is 0 Å². The Bertz CT molecular complexity index is 544. The lowest BCUT2D eigenvalue weighted by atomic mass is 9.91. The number of fused-ring (bicyclic) bond motifs is 1. The van der Waals surface area contributed by atoms with Crippen molar-refractivity contribution >= 4 is 42.6 Å². The molecule has 2 aromatic rings. The van der Waals surface area contributed by atoms with Gasteiger partial charge in [0.1, 0.15) is 0 Å². The number of hydrogen-bond acceptors (Lipinski definition) is 0. The molecule has 0 N–H and O–H groups in total. The van der Waals surface area contributed by atoms with E-state index in [0.717, 1.165) is 16.6 Å². The normalized spacial score (nSPS) is 27.3. The molecule has 2 heteroatoms. The van der Waals surface area contributed by atoms with Gasteiger partial charge >= 0.3 is 0 Å². The van der Waals surface area contributed by atoms with Crippen LogP contribution in [0.4, 0.5) is 0 Å². The average molecular weight is 354 g/mol. The number of alkyl halides is 2. The van der Waals surface area contributed by atoms with Crippen molar-refractivity contribution in [1.29, 1.82) is 0 Å². The average Bonchev–Trinajstić information content (AvgIpc) is 3.13. The Labute approximate surface area is 119 Å². The lowest BCUT2D eigenvalue weighted by molar-refractivity contribution is 0.734. The van der Waals surface area contributed by atoms with E-state index < -0.39 is 0 Å². The van der Waals surface area contributed by atoms with Gasteiger partial charge in [0.05, 0.1) is 0 Å². The molecule has 1 saturated carbocycles. The Kier molecular flexibility index (Phi) is 3.04. The fourth-order valence-corrected chi connectivity index (χ4v) is 4.65. The van der Waals surface area contributed by atoms with Crippen LogP contribution in [0.25, 0.3) is 10.8 Å². The molecular formula is C15H14Br2. The van der Waals surface area contributed by atoms with Gasteiger partial charge in [0.25, 0.3) is 0 Å². The molecule has 0 amide bonds. The first-order chi connectivity index (χ1) is 8.31. The molecule has 0 bridgehead atoms. The molecule has 0 spiro atoms. The Morgan fingerprint density at radius 2 is 1.82 bits per heavy atom. The first kappa shape index (κ1) is 11.7. The smallest absolute Gasteiger partial charge is 0.0132 e. The summed E-state index contributed by atoms with van der Waals surface area (Å²) in [6.45, 7) is 0. The van der Waals surface area contributed by atoms with E-state index in [4.69, 9.17) is 0 Å². The standard InChI is InChI=1S/C15H14Br2/c16-9-12-8-15(12,10-17)14-7-3-5-11-4-1-2-6-13(11)14/h1-7,12H,8-10H2/t12?,15-/m1/s1. The van der Waals surface area contributed by atoms with Crippen LogP contribution in [0, 0.1) is 5.92 Å². The Morgan fingerprint density at radius 1 is 1.06 bits per heavy atom. The van der Waals surface area contributed by atoms with E-state index in [-0.39, 0.29) is 0 Å². The van der Waals surface area contributed by atoms with Crippen LogP contribution >= 0.6 is 31.9 Å². The van der Waals surface area contributed by atoms with Crippen LogP contribution < -0.4 is 0 Å². The molecule has 1 fully saturated rings. The summed E-state index contributed by atoms with van der Waals surface area (Å²) in [4.78, 5) is 0. The van der Waals surface area contributed by atoms with Crippen LogP contribution in [0.3, 0.4) is 0 Å². The second-order valence-corrected chi connectivity index (χ2v) is 6.08. The van der Waals surface area contributed by atoms with Crippen molar-refractivity contribution in [3.8, 4) is 0 Å². The minimum atomic E-state index is 0.352. The zero-order valence-electron chi connectivity index (χ0n) is 9.50. The minimum Gasteiger partial charge on any atom is -0.0925 e. The molecule has 1 unspecified atom stereocenters. The lowest BCUT2D eigenvalue weighted by Crippen LogP contribution is -2.13. The molecule has 17 heavy (non-hydrogen) atoms. The fourth-order valence-electron chi connectivity index (χ4n) is 2.81. The lowest BCUT2D eigenvalue weighted by Gasteiger charge is -2.17. The van der Waals surface area contributed by atoms with E-state index in [9.17, 15) is 0 Å². The van der Waals surface area contributed by atoms with Gasteiger partial charge < -0.3 is 0 Å².